The average Bonchev–Trinajstić information content (AvgIpc) is 2.92. The highest BCUT2D eigenvalue weighted by Crippen LogP contribution is 2.37. The Morgan fingerprint density at radius 3 is 1.33 bits per heavy atom. The second-order valence-electron chi connectivity index (χ2n) is 10.5. The molecule has 1 aliphatic rings. The van der Waals surface area contributed by atoms with Crippen LogP contribution in [-0.2, 0) is 0 Å². The summed E-state index contributed by atoms with van der Waals surface area (Å²) in [5.41, 5.74) is 3.50. The normalized spacial score (nSPS) is 14.1. The van der Waals surface area contributed by atoms with Gasteiger partial charge in [0.25, 0.3) is 0 Å². The number of hydrogen-bond donors (Lipinski definition) is 2. The first kappa shape index (κ1) is 32.8. The maximum atomic E-state index is 13.8. The van der Waals surface area contributed by atoms with Crippen LogP contribution in [0.15, 0.2) is 36.4 Å². The van der Waals surface area contributed by atoms with Crippen molar-refractivity contribution in [3.8, 4) is 0 Å². The fourth-order valence-corrected chi connectivity index (χ4v) is 5.46. The molecule has 2 aromatic carbocycles. The minimum Gasteiger partial charge on any atom is -0.382 e. The number of nitrogens with zero attached hydrogens (tertiary/aromatic N) is 2. The van der Waals surface area contributed by atoms with Crippen molar-refractivity contribution in [2.24, 2.45) is 0 Å². The number of carbonyl (C=O) groups excluding carboxylic acids is 2. The van der Waals surface area contributed by atoms with Gasteiger partial charge in [-0.2, -0.15) is 0 Å². The van der Waals surface area contributed by atoms with Crippen molar-refractivity contribution >= 4 is 35.3 Å². The van der Waals surface area contributed by atoms with E-state index in [0.717, 1.165) is 76.3 Å². The minimum absolute atomic E-state index is 0. The molecule has 2 unspecified atom stereocenters. The molecule has 0 aromatic heterocycles. The lowest BCUT2D eigenvalue weighted by Crippen LogP contribution is -2.28. The molecule has 0 saturated carbocycles. The summed E-state index contributed by atoms with van der Waals surface area (Å²) in [6, 6.07) is 11.5. The molecule has 7 heteroatoms. The van der Waals surface area contributed by atoms with Crippen LogP contribution in [0, 0.1) is 0 Å². The SMILES string of the molecule is CCN(CC)CCCC(C)Nc1ccc(NC(C)CCCN(CC)CC)c2c1C(=O)c1ccccc1C2=O.Cl. The molecule has 0 saturated heterocycles. The van der Waals surface area contributed by atoms with Gasteiger partial charge >= 0.3 is 0 Å². The molecule has 0 spiro atoms. The molecule has 216 valence electrons. The molecule has 2 atom stereocenters. The van der Waals surface area contributed by atoms with Crippen LogP contribution in [0.4, 0.5) is 11.4 Å². The van der Waals surface area contributed by atoms with Crippen molar-refractivity contribution in [1.82, 2.24) is 9.80 Å². The number of fused-ring (bicyclic) bond motifs is 2. The summed E-state index contributed by atoms with van der Waals surface area (Å²) in [6.07, 6.45) is 4.15. The number of nitrogens with one attached hydrogen (secondary N) is 2. The van der Waals surface area contributed by atoms with Gasteiger partial charge in [0.15, 0.2) is 11.6 Å². The first-order valence-corrected chi connectivity index (χ1v) is 14.7. The van der Waals surface area contributed by atoms with Gasteiger partial charge in [-0.3, -0.25) is 9.59 Å². The number of halogens is 1. The Bertz CT molecular complexity index is 998. The van der Waals surface area contributed by atoms with E-state index in [9.17, 15) is 9.59 Å². The summed E-state index contributed by atoms with van der Waals surface area (Å²) in [6.45, 7) is 19.5. The van der Waals surface area contributed by atoms with E-state index in [1.165, 1.54) is 0 Å². The zero-order chi connectivity index (χ0) is 27.7. The number of hydrogen-bond acceptors (Lipinski definition) is 6. The standard InChI is InChI=1S/C32H48N4O2.ClH/c1-7-35(8-2)21-13-15-23(5)33-27-19-20-28(34-24(6)16-14-22-36(9-3)10-4)30-29(27)31(37)25-17-11-12-18-26(25)32(30)38;/h11-12,17-20,23-24,33-34H,7-10,13-16,21-22H2,1-6H3;1H. The van der Waals surface area contributed by atoms with Crippen LogP contribution in [0.5, 0.6) is 0 Å². The largest absolute Gasteiger partial charge is 0.382 e. The lowest BCUT2D eigenvalue weighted by Gasteiger charge is -2.27. The van der Waals surface area contributed by atoms with Crippen LogP contribution in [0.2, 0.25) is 0 Å². The molecule has 0 radical (unpaired) electrons. The maximum Gasteiger partial charge on any atom is 0.196 e. The number of ketones is 2. The van der Waals surface area contributed by atoms with Crippen LogP contribution in [0.1, 0.15) is 99.1 Å². The van der Waals surface area contributed by atoms with Gasteiger partial charge in [-0.25, -0.2) is 0 Å². The summed E-state index contributed by atoms with van der Waals surface area (Å²) in [7, 11) is 0. The van der Waals surface area contributed by atoms with Crippen molar-refractivity contribution in [1.29, 1.82) is 0 Å². The fraction of sp³-hybridized carbons (Fsp3) is 0.562. The maximum absolute atomic E-state index is 13.8. The smallest absolute Gasteiger partial charge is 0.196 e. The van der Waals surface area contributed by atoms with E-state index in [-0.39, 0.29) is 36.1 Å². The van der Waals surface area contributed by atoms with E-state index in [4.69, 9.17) is 0 Å². The monoisotopic (exact) mass is 556 g/mol. The van der Waals surface area contributed by atoms with Crippen LogP contribution in [-0.4, -0.2) is 72.7 Å². The Morgan fingerprint density at radius 2 is 1.00 bits per heavy atom. The van der Waals surface area contributed by atoms with Crippen molar-refractivity contribution in [2.75, 3.05) is 49.9 Å². The van der Waals surface area contributed by atoms with Gasteiger partial charge < -0.3 is 20.4 Å². The highest BCUT2D eigenvalue weighted by molar-refractivity contribution is 6.31. The summed E-state index contributed by atoms with van der Waals surface area (Å²) in [5.74, 6) is -0.156. The van der Waals surface area contributed by atoms with Gasteiger partial charge in [0.2, 0.25) is 0 Å². The zero-order valence-corrected chi connectivity index (χ0v) is 25.6. The molecule has 0 fully saturated rings. The lowest BCUT2D eigenvalue weighted by atomic mass is 9.82. The van der Waals surface area contributed by atoms with Gasteiger partial charge in [-0.1, -0.05) is 52.0 Å². The van der Waals surface area contributed by atoms with E-state index in [1.54, 1.807) is 12.1 Å². The second kappa shape index (κ2) is 16.0. The quantitative estimate of drug-likeness (QED) is 0.204. The van der Waals surface area contributed by atoms with Crippen molar-refractivity contribution in [2.45, 2.75) is 79.3 Å². The third-order valence-electron chi connectivity index (χ3n) is 7.89. The van der Waals surface area contributed by atoms with E-state index in [1.807, 2.05) is 24.3 Å². The molecule has 0 bridgehead atoms. The third kappa shape index (κ3) is 8.29. The molecule has 6 nitrogen and oxygen atoms in total. The number of anilines is 2. The number of benzene rings is 2. The summed E-state index contributed by atoms with van der Waals surface area (Å²) in [4.78, 5) is 32.4. The van der Waals surface area contributed by atoms with Crippen molar-refractivity contribution in [3.05, 3.63) is 58.7 Å². The van der Waals surface area contributed by atoms with Gasteiger partial charge in [0, 0.05) is 34.6 Å². The van der Waals surface area contributed by atoms with Crippen LogP contribution in [0.3, 0.4) is 0 Å². The predicted molar refractivity (Wildman–Crippen MR) is 167 cm³/mol. The van der Waals surface area contributed by atoms with Gasteiger partial charge in [0.1, 0.15) is 0 Å². The second-order valence-corrected chi connectivity index (χ2v) is 10.5. The van der Waals surface area contributed by atoms with Gasteiger partial charge in [0.05, 0.1) is 11.1 Å². The van der Waals surface area contributed by atoms with Crippen LogP contribution < -0.4 is 10.6 Å². The summed E-state index contributed by atoms with van der Waals surface area (Å²) >= 11 is 0. The molecular formula is C32H49ClN4O2. The first-order valence-electron chi connectivity index (χ1n) is 14.7. The van der Waals surface area contributed by atoms with E-state index in [0.29, 0.717) is 22.3 Å². The van der Waals surface area contributed by atoms with Crippen LogP contribution in [0.25, 0.3) is 0 Å². The van der Waals surface area contributed by atoms with Crippen molar-refractivity contribution in [3.63, 3.8) is 0 Å². The molecular weight excluding hydrogens is 508 g/mol. The molecule has 1 aliphatic carbocycles. The molecule has 0 heterocycles. The Balaban J connectivity index is 0.00000533. The van der Waals surface area contributed by atoms with Crippen LogP contribution >= 0.6 is 12.4 Å². The summed E-state index contributed by atoms with van der Waals surface area (Å²) < 4.78 is 0. The lowest BCUT2D eigenvalue weighted by molar-refractivity contribution is 0.0980. The minimum atomic E-state index is -0.0779. The molecule has 0 aliphatic heterocycles. The van der Waals surface area contributed by atoms with Gasteiger partial charge in [-0.15, -0.1) is 12.4 Å². The fourth-order valence-electron chi connectivity index (χ4n) is 5.46. The molecule has 0 amide bonds. The number of rotatable bonds is 16. The Labute approximate surface area is 242 Å². The number of carbonyl (C=O) groups is 2. The molecule has 3 rings (SSSR count). The Hall–Kier alpha value is -2.41. The summed E-state index contributed by atoms with van der Waals surface area (Å²) in [5, 5.41) is 7.15. The predicted octanol–water partition coefficient (Wildman–Crippen LogP) is 6.73. The highest BCUT2D eigenvalue weighted by Gasteiger charge is 2.34. The topological polar surface area (TPSA) is 64.7 Å². The molecule has 2 N–H and O–H groups in total. The Kier molecular flexibility index (Phi) is 13.5. The van der Waals surface area contributed by atoms with Crippen molar-refractivity contribution < 1.29 is 9.59 Å². The average molecular weight is 557 g/mol. The highest BCUT2D eigenvalue weighted by atomic mass is 35.5. The third-order valence-corrected chi connectivity index (χ3v) is 7.89. The van der Waals surface area contributed by atoms with E-state index in [2.05, 4.69) is 62.0 Å². The molecule has 2 aromatic rings. The first-order chi connectivity index (χ1) is 18.3. The van der Waals surface area contributed by atoms with E-state index < -0.39 is 0 Å². The van der Waals surface area contributed by atoms with E-state index >= 15 is 0 Å². The van der Waals surface area contributed by atoms with Gasteiger partial charge in [-0.05, 0) is 90.9 Å². The Morgan fingerprint density at radius 1 is 0.641 bits per heavy atom. The zero-order valence-electron chi connectivity index (χ0n) is 24.8. The molecule has 39 heavy (non-hydrogen) atoms.